The van der Waals surface area contributed by atoms with Gasteiger partial charge in [0.25, 0.3) is 0 Å². The third-order valence-electron chi connectivity index (χ3n) is 3.56. The minimum atomic E-state index is -0.326. The van der Waals surface area contributed by atoms with Crippen LogP contribution in [-0.4, -0.2) is 32.1 Å². The lowest BCUT2D eigenvalue weighted by Gasteiger charge is -2.27. The van der Waals surface area contributed by atoms with E-state index >= 15 is 0 Å². The molecule has 1 aromatic carbocycles. The van der Waals surface area contributed by atoms with Crippen molar-refractivity contribution in [3.8, 4) is 5.75 Å². The van der Waals surface area contributed by atoms with Gasteiger partial charge in [-0.05, 0) is 43.5 Å². The van der Waals surface area contributed by atoms with Crippen LogP contribution in [-0.2, 0) is 0 Å². The first-order chi connectivity index (χ1) is 8.65. The Labute approximate surface area is 108 Å². The van der Waals surface area contributed by atoms with Crippen LogP contribution < -0.4 is 10.5 Å². The van der Waals surface area contributed by atoms with E-state index in [9.17, 15) is 4.39 Å². The van der Waals surface area contributed by atoms with Crippen LogP contribution in [0.3, 0.4) is 0 Å². The van der Waals surface area contributed by atoms with Crippen molar-refractivity contribution in [2.24, 2.45) is 11.7 Å². The number of hydrogen-bond donors (Lipinski definition) is 1. The van der Waals surface area contributed by atoms with Crippen LogP contribution in [0.5, 0.6) is 5.75 Å². The van der Waals surface area contributed by atoms with Crippen molar-refractivity contribution >= 4 is 0 Å². The van der Waals surface area contributed by atoms with Crippen LogP contribution in [0.15, 0.2) is 18.2 Å². The molecule has 18 heavy (non-hydrogen) atoms. The monoisotopic (exact) mass is 252 g/mol. The highest BCUT2D eigenvalue weighted by Crippen LogP contribution is 2.32. The molecule has 4 heteroatoms. The Bertz CT molecular complexity index is 407. The maximum atomic E-state index is 13.7. The predicted molar refractivity (Wildman–Crippen MR) is 70.1 cm³/mol. The van der Waals surface area contributed by atoms with E-state index < -0.39 is 0 Å². The van der Waals surface area contributed by atoms with Crippen LogP contribution in [0.1, 0.15) is 24.4 Å². The average Bonchev–Trinajstić information content (AvgIpc) is 3.14. The first-order valence-electron chi connectivity index (χ1n) is 6.39. The summed E-state index contributed by atoms with van der Waals surface area (Å²) in [6.45, 7) is 1.53. The van der Waals surface area contributed by atoms with E-state index in [1.165, 1.54) is 26.0 Å². The van der Waals surface area contributed by atoms with Crippen molar-refractivity contribution < 1.29 is 9.13 Å². The molecule has 2 N–H and O–H groups in total. The number of nitrogens with two attached hydrogens (primary N) is 1. The lowest BCUT2D eigenvalue weighted by molar-refractivity contribution is 0.239. The Hall–Kier alpha value is -1.13. The van der Waals surface area contributed by atoms with Gasteiger partial charge in [-0.15, -0.1) is 0 Å². The standard InChI is InChI=1S/C14H21FN2O/c1-17(9-10-3-4-10)13(8-16)11-5-6-14(18-2)12(15)7-11/h5-7,10,13H,3-4,8-9,16H2,1-2H3. The summed E-state index contributed by atoms with van der Waals surface area (Å²) in [6, 6.07) is 5.16. The van der Waals surface area contributed by atoms with Gasteiger partial charge < -0.3 is 10.5 Å². The Kier molecular flexibility index (Phi) is 4.19. The van der Waals surface area contributed by atoms with Gasteiger partial charge in [0.15, 0.2) is 11.6 Å². The van der Waals surface area contributed by atoms with Gasteiger partial charge in [0.05, 0.1) is 7.11 Å². The molecule has 3 nitrogen and oxygen atoms in total. The molecule has 0 heterocycles. The van der Waals surface area contributed by atoms with Crippen molar-refractivity contribution in [3.05, 3.63) is 29.6 Å². The topological polar surface area (TPSA) is 38.5 Å². The van der Waals surface area contributed by atoms with Crippen molar-refractivity contribution in [2.45, 2.75) is 18.9 Å². The molecule has 0 aromatic heterocycles. The van der Waals surface area contributed by atoms with E-state index in [4.69, 9.17) is 10.5 Å². The number of benzene rings is 1. The van der Waals surface area contributed by atoms with Crippen molar-refractivity contribution in [1.29, 1.82) is 0 Å². The molecule has 1 atom stereocenters. The summed E-state index contributed by atoms with van der Waals surface area (Å²) in [5.41, 5.74) is 6.74. The Morgan fingerprint density at radius 1 is 1.50 bits per heavy atom. The second-order valence-electron chi connectivity index (χ2n) is 5.03. The zero-order valence-electron chi connectivity index (χ0n) is 11.0. The first-order valence-corrected chi connectivity index (χ1v) is 6.39. The largest absolute Gasteiger partial charge is 0.494 e. The second-order valence-corrected chi connectivity index (χ2v) is 5.03. The van der Waals surface area contributed by atoms with Gasteiger partial charge in [0, 0.05) is 19.1 Å². The molecule has 0 bridgehead atoms. The Balaban J connectivity index is 2.12. The second kappa shape index (κ2) is 5.67. The summed E-state index contributed by atoms with van der Waals surface area (Å²) in [6.07, 6.45) is 2.61. The number of methoxy groups -OCH3 is 1. The smallest absolute Gasteiger partial charge is 0.165 e. The van der Waals surface area contributed by atoms with Crippen LogP contribution in [0.4, 0.5) is 4.39 Å². The third kappa shape index (κ3) is 3.00. The van der Waals surface area contributed by atoms with Crippen molar-refractivity contribution in [1.82, 2.24) is 4.90 Å². The van der Waals surface area contributed by atoms with E-state index in [0.29, 0.717) is 6.54 Å². The maximum Gasteiger partial charge on any atom is 0.165 e. The summed E-state index contributed by atoms with van der Waals surface area (Å²) >= 11 is 0. The zero-order valence-corrected chi connectivity index (χ0v) is 11.0. The van der Waals surface area contributed by atoms with Gasteiger partial charge in [-0.2, -0.15) is 0 Å². The molecule has 0 amide bonds. The fourth-order valence-corrected chi connectivity index (χ4v) is 2.30. The van der Waals surface area contributed by atoms with E-state index in [2.05, 4.69) is 11.9 Å². The normalized spacial score (nSPS) is 16.9. The fraction of sp³-hybridized carbons (Fsp3) is 0.571. The number of nitrogens with zero attached hydrogens (tertiary/aromatic N) is 1. The molecule has 0 radical (unpaired) electrons. The minimum absolute atomic E-state index is 0.0750. The lowest BCUT2D eigenvalue weighted by atomic mass is 10.0. The summed E-state index contributed by atoms with van der Waals surface area (Å²) in [4.78, 5) is 2.22. The van der Waals surface area contributed by atoms with Gasteiger partial charge in [-0.1, -0.05) is 6.07 Å². The van der Waals surface area contributed by atoms with Gasteiger partial charge in [0.2, 0.25) is 0 Å². The summed E-state index contributed by atoms with van der Waals surface area (Å²) in [5.74, 6) is 0.750. The van der Waals surface area contributed by atoms with Gasteiger partial charge in [0.1, 0.15) is 0 Å². The molecular weight excluding hydrogens is 231 g/mol. The molecule has 100 valence electrons. The minimum Gasteiger partial charge on any atom is -0.494 e. The van der Waals surface area contributed by atoms with E-state index in [1.54, 1.807) is 6.07 Å². The van der Waals surface area contributed by atoms with E-state index in [1.807, 2.05) is 6.07 Å². The highest BCUT2D eigenvalue weighted by atomic mass is 19.1. The fourth-order valence-electron chi connectivity index (χ4n) is 2.30. The quantitative estimate of drug-likeness (QED) is 0.843. The number of rotatable bonds is 6. The SMILES string of the molecule is COc1ccc(C(CN)N(C)CC2CC2)cc1F. The molecule has 0 saturated heterocycles. The molecule has 1 unspecified atom stereocenters. The van der Waals surface area contributed by atoms with Crippen LogP contribution >= 0.6 is 0 Å². The predicted octanol–water partition coefficient (Wildman–Crippen LogP) is 2.18. The van der Waals surface area contributed by atoms with Gasteiger partial charge in [-0.25, -0.2) is 4.39 Å². The van der Waals surface area contributed by atoms with Crippen LogP contribution in [0.2, 0.25) is 0 Å². The molecule has 0 spiro atoms. The number of ether oxygens (including phenoxy) is 1. The average molecular weight is 252 g/mol. The first kappa shape index (κ1) is 13.3. The molecule has 1 aromatic rings. The molecular formula is C14H21FN2O. The summed E-state index contributed by atoms with van der Waals surface area (Å²) < 4.78 is 18.6. The maximum absolute atomic E-state index is 13.7. The van der Waals surface area contributed by atoms with E-state index in [0.717, 1.165) is 18.0 Å². The van der Waals surface area contributed by atoms with Gasteiger partial charge >= 0.3 is 0 Å². The molecule has 1 saturated carbocycles. The zero-order chi connectivity index (χ0) is 13.1. The van der Waals surface area contributed by atoms with Crippen LogP contribution in [0.25, 0.3) is 0 Å². The molecule has 1 aliphatic carbocycles. The molecule has 1 fully saturated rings. The molecule has 2 rings (SSSR count). The molecule has 1 aliphatic rings. The highest BCUT2D eigenvalue weighted by molar-refractivity contribution is 5.31. The van der Waals surface area contributed by atoms with Crippen LogP contribution in [0, 0.1) is 11.7 Å². The lowest BCUT2D eigenvalue weighted by Crippen LogP contribution is -2.32. The van der Waals surface area contributed by atoms with Crippen molar-refractivity contribution in [3.63, 3.8) is 0 Å². The summed E-state index contributed by atoms with van der Waals surface area (Å²) in [7, 11) is 3.52. The third-order valence-corrected chi connectivity index (χ3v) is 3.56. The van der Waals surface area contributed by atoms with Crippen molar-refractivity contribution in [2.75, 3.05) is 27.2 Å². The highest BCUT2D eigenvalue weighted by Gasteiger charge is 2.26. The number of likely N-dealkylation sites (N-methyl/N-ethyl adjacent to an activating group) is 1. The summed E-state index contributed by atoms with van der Waals surface area (Å²) in [5, 5.41) is 0. The van der Waals surface area contributed by atoms with E-state index in [-0.39, 0.29) is 17.6 Å². The number of hydrogen-bond acceptors (Lipinski definition) is 3. The Morgan fingerprint density at radius 2 is 2.22 bits per heavy atom. The molecule has 0 aliphatic heterocycles. The number of halogens is 1. The van der Waals surface area contributed by atoms with Gasteiger partial charge in [-0.3, -0.25) is 4.90 Å². The Morgan fingerprint density at radius 3 is 2.72 bits per heavy atom.